The van der Waals surface area contributed by atoms with Crippen molar-refractivity contribution in [3.63, 3.8) is 0 Å². The number of nitro benzene ring substituents is 1. The SMILES string of the molecule is O=[N+]([O-])c1ccc(Cc2nsc(N3CCNCC3)n2)cc1. The zero-order chi connectivity index (χ0) is 14.7. The second kappa shape index (κ2) is 6.15. The zero-order valence-electron chi connectivity index (χ0n) is 11.4. The van der Waals surface area contributed by atoms with E-state index in [2.05, 4.69) is 19.6 Å². The molecule has 0 aliphatic carbocycles. The normalized spacial score (nSPS) is 15.1. The van der Waals surface area contributed by atoms with Gasteiger partial charge in [-0.3, -0.25) is 10.1 Å². The van der Waals surface area contributed by atoms with Gasteiger partial charge in [0.1, 0.15) is 5.82 Å². The Morgan fingerprint density at radius 1 is 1.29 bits per heavy atom. The molecule has 0 saturated carbocycles. The van der Waals surface area contributed by atoms with Crippen LogP contribution in [0.5, 0.6) is 0 Å². The van der Waals surface area contributed by atoms with E-state index in [0.717, 1.165) is 42.7 Å². The topological polar surface area (TPSA) is 84.2 Å². The first-order valence-electron chi connectivity index (χ1n) is 6.74. The number of hydrogen-bond acceptors (Lipinski definition) is 7. The highest BCUT2D eigenvalue weighted by atomic mass is 32.1. The van der Waals surface area contributed by atoms with Crippen molar-refractivity contribution in [3.8, 4) is 0 Å². The number of hydrogen-bond donors (Lipinski definition) is 1. The number of piperazine rings is 1. The minimum Gasteiger partial charge on any atom is -0.344 e. The lowest BCUT2D eigenvalue weighted by Gasteiger charge is -2.26. The van der Waals surface area contributed by atoms with Crippen molar-refractivity contribution in [2.45, 2.75) is 6.42 Å². The van der Waals surface area contributed by atoms with Crippen LogP contribution in [0.25, 0.3) is 0 Å². The number of nitrogens with one attached hydrogen (secondary N) is 1. The van der Waals surface area contributed by atoms with Gasteiger partial charge in [0.05, 0.1) is 4.92 Å². The Labute approximate surface area is 125 Å². The van der Waals surface area contributed by atoms with Crippen molar-refractivity contribution in [2.75, 3.05) is 31.1 Å². The van der Waals surface area contributed by atoms with Gasteiger partial charge in [-0.2, -0.15) is 4.37 Å². The molecule has 0 amide bonds. The Morgan fingerprint density at radius 3 is 2.67 bits per heavy atom. The van der Waals surface area contributed by atoms with Gasteiger partial charge in [-0.15, -0.1) is 0 Å². The van der Waals surface area contributed by atoms with Crippen LogP contribution < -0.4 is 10.2 Å². The van der Waals surface area contributed by atoms with Crippen LogP contribution in [0, 0.1) is 10.1 Å². The minimum atomic E-state index is -0.395. The molecule has 1 saturated heterocycles. The van der Waals surface area contributed by atoms with E-state index in [0.29, 0.717) is 6.42 Å². The molecule has 0 unspecified atom stereocenters. The molecular weight excluding hydrogens is 290 g/mol. The number of non-ortho nitro benzene ring substituents is 1. The average Bonchev–Trinajstić information content (AvgIpc) is 2.97. The van der Waals surface area contributed by atoms with Crippen molar-refractivity contribution < 1.29 is 4.92 Å². The van der Waals surface area contributed by atoms with Gasteiger partial charge in [0.25, 0.3) is 5.69 Å². The summed E-state index contributed by atoms with van der Waals surface area (Å²) in [6.45, 7) is 3.84. The molecule has 110 valence electrons. The summed E-state index contributed by atoms with van der Waals surface area (Å²) in [5, 5.41) is 14.9. The van der Waals surface area contributed by atoms with Crippen LogP contribution in [0.2, 0.25) is 0 Å². The fraction of sp³-hybridized carbons (Fsp3) is 0.385. The van der Waals surface area contributed by atoms with Crippen LogP contribution in [0.3, 0.4) is 0 Å². The van der Waals surface area contributed by atoms with Gasteiger partial charge in [-0.25, -0.2) is 4.98 Å². The van der Waals surface area contributed by atoms with E-state index in [1.165, 1.54) is 23.7 Å². The molecule has 2 aromatic rings. The van der Waals surface area contributed by atoms with Crippen molar-refractivity contribution in [3.05, 3.63) is 45.8 Å². The van der Waals surface area contributed by atoms with E-state index in [1.54, 1.807) is 12.1 Å². The van der Waals surface area contributed by atoms with E-state index < -0.39 is 4.92 Å². The van der Waals surface area contributed by atoms with Crippen LogP contribution in [0.4, 0.5) is 10.8 Å². The molecule has 0 radical (unpaired) electrons. The first-order valence-corrected chi connectivity index (χ1v) is 7.51. The van der Waals surface area contributed by atoms with Gasteiger partial charge in [-0.05, 0) is 5.56 Å². The van der Waals surface area contributed by atoms with Crippen molar-refractivity contribution >= 4 is 22.4 Å². The third-order valence-corrected chi connectivity index (χ3v) is 4.17. The van der Waals surface area contributed by atoms with Crippen molar-refractivity contribution in [2.24, 2.45) is 0 Å². The quantitative estimate of drug-likeness (QED) is 0.680. The van der Waals surface area contributed by atoms with E-state index in [1.807, 2.05) is 0 Å². The van der Waals surface area contributed by atoms with Gasteiger partial charge >= 0.3 is 0 Å². The maximum atomic E-state index is 10.6. The van der Waals surface area contributed by atoms with Gasteiger partial charge in [0, 0.05) is 56.3 Å². The molecule has 1 aliphatic rings. The van der Waals surface area contributed by atoms with Crippen LogP contribution in [-0.4, -0.2) is 40.5 Å². The standard InChI is InChI=1S/C13H15N5O2S/c19-18(20)11-3-1-10(2-4-11)9-12-15-13(21-16-12)17-7-5-14-6-8-17/h1-4,14H,5-9H2. The largest absolute Gasteiger partial charge is 0.344 e. The molecule has 1 aromatic heterocycles. The number of anilines is 1. The molecule has 0 bridgehead atoms. The van der Waals surface area contributed by atoms with Gasteiger partial charge in [0.15, 0.2) is 0 Å². The van der Waals surface area contributed by atoms with E-state index >= 15 is 0 Å². The summed E-state index contributed by atoms with van der Waals surface area (Å²) in [6.07, 6.45) is 0.598. The number of aromatic nitrogens is 2. The second-order valence-electron chi connectivity index (χ2n) is 4.83. The summed E-state index contributed by atoms with van der Waals surface area (Å²) in [7, 11) is 0. The molecule has 1 aromatic carbocycles. The van der Waals surface area contributed by atoms with E-state index in [-0.39, 0.29) is 5.69 Å². The molecular formula is C13H15N5O2S. The molecule has 1 N–H and O–H groups in total. The molecule has 1 fully saturated rings. The summed E-state index contributed by atoms with van der Waals surface area (Å²) in [4.78, 5) is 17.0. The third-order valence-electron chi connectivity index (χ3n) is 3.35. The summed E-state index contributed by atoms with van der Waals surface area (Å²) in [5.74, 6) is 0.766. The lowest BCUT2D eigenvalue weighted by Crippen LogP contribution is -2.43. The molecule has 7 nitrogen and oxygen atoms in total. The van der Waals surface area contributed by atoms with Gasteiger partial charge in [-0.1, -0.05) is 12.1 Å². The second-order valence-corrected chi connectivity index (χ2v) is 5.56. The van der Waals surface area contributed by atoms with Crippen molar-refractivity contribution in [1.29, 1.82) is 0 Å². The maximum Gasteiger partial charge on any atom is 0.269 e. The summed E-state index contributed by atoms with van der Waals surface area (Å²) >= 11 is 1.41. The first-order chi connectivity index (χ1) is 10.2. The Hall–Kier alpha value is -2.06. The predicted molar refractivity (Wildman–Crippen MR) is 80.9 cm³/mol. The minimum absolute atomic E-state index is 0.103. The Balaban J connectivity index is 1.67. The number of rotatable bonds is 4. The van der Waals surface area contributed by atoms with Crippen LogP contribution in [-0.2, 0) is 6.42 Å². The van der Waals surface area contributed by atoms with Gasteiger partial charge < -0.3 is 10.2 Å². The Bertz CT molecular complexity index is 622. The number of benzene rings is 1. The molecule has 21 heavy (non-hydrogen) atoms. The number of nitrogens with zero attached hydrogens (tertiary/aromatic N) is 4. The molecule has 0 atom stereocenters. The molecule has 1 aliphatic heterocycles. The molecule has 8 heteroatoms. The maximum absolute atomic E-state index is 10.6. The highest BCUT2D eigenvalue weighted by Gasteiger charge is 2.15. The summed E-state index contributed by atoms with van der Waals surface area (Å²) in [6, 6.07) is 6.53. The molecule has 2 heterocycles. The van der Waals surface area contributed by atoms with Crippen LogP contribution in [0.15, 0.2) is 24.3 Å². The van der Waals surface area contributed by atoms with Crippen molar-refractivity contribution in [1.82, 2.24) is 14.7 Å². The predicted octanol–water partition coefficient (Wildman–Crippen LogP) is 1.45. The molecule has 0 spiro atoms. The summed E-state index contributed by atoms with van der Waals surface area (Å²) < 4.78 is 4.38. The lowest BCUT2D eigenvalue weighted by molar-refractivity contribution is -0.384. The third kappa shape index (κ3) is 3.34. The van der Waals surface area contributed by atoms with Gasteiger partial charge in [0.2, 0.25) is 5.13 Å². The Kier molecular flexibility index (Phi) is 4.07. The average molecular weight is 305 g/mol. The summed E-state index contributed by atoms with van der Waals surface area (Å²) in [5.41, 5.74) is 1.08. The monoisotopic (exact) mass is 305 g/mol. The number of nitro groups is 1. The lowest BCUT2D eigenvalue weighted by atomic mass is 10.1. The highest BCUT2D eigenvalue weighted by Crippen LogP contribution is 2.20. The smallest absolute Gasteiger partial charge is 0.269 e. The fourth-order valence-corrected chi connectivity index (χ4v) is 2.96. The van der Waals surface area contributed by atoms with Crippen LogP contribution in [0.1, 0.15) is 11.4 Å². The fourth-order valence-electron chi connectivity index (χ4n) is 2.22. The molecule has 3 rings (SSSR count). The first kappa shape index (κ1) is 13.9. The zero-order valence-corrected chi connectivity index (χ0v) is 12.2. The Morgan fingerprint density at radius 2 is 2.00 bits per heavy atom. The van der Waals surface area contributed by atoms with E-state index in [9.17, 15) is 10.1 Å². The van der Waals surface area contributed by atoms with E-state index in [4.69, 9.17) is 0 Å². The van der Waals surface area contributed by atoms with Crippen LogP contribution >= 0.6 is 11.5 Å². The highest BCUT2D eigenvalue weighted by molar-refractivity contribution is 7.09.